The van der Waals surface area contributed by atoms with Crippen molar-refractivity contribution in [1.29, 1.82) is 0 Å². The van der Waals surface area contributed by atoms with Gasteiger partial charge in [-0.1, -0.05) is 29.5 Å². The highest BCUT2D eigenvalue weighted by molar-refractivity contribution is 7.99. The second-order valence-corrected chi connectivity index (χ2v) is 10.7. The first-order chi connectivity index (χ1) is 14.4. The highest BCUT2D eigenvalue weighted by Crippen LogP contribution is 2.22. The third-order valence-electron chi connectivity index (χ3n) is 4.29. The summed E-state index contributed by atoms with van der Waals surface area (Å²) in [6.07, 6.45) is 1.51. The Hall–Kier alpha value is -1.94. The van der Waals surface area contributed by atoms with E-state index in [-0.39, 0.29) is 10.8 Å². The van der Waals surface area contributed by atoms with Gasteiger partial charge in [0, 0.05) is 36.5 Å². The van der Waals surface area contributed by atoms with Crippen LogP contribution >= 0.6 is 23.1 Å². The zero-order valence-corrected chi connectivity index (χ0v) is 19.4. The predicted molar refractivity (Wildman–Crippen MR) is 122 cm³/mol. The lowest BCUT2D eigenvalue weighted by Gasteiger charge is -2.06. The minimum absolute atomic E-state index is 0.196. The smallest absolute Gasteiger partial charge is 0.249 e. The third kappa shape index (κ3) is 6.04. The predicted octanol–water partition coefficient (Wildman–Crippen LogP) is 3.75. The molecule has 30 heavy (non-hydrogen) atoms. The number of thioether (sulfide) groups is 1. The molecule has 0 saturated carbocycles. The summed E-state index contributed by atoms with van der Waals surface area (Å²) >= 11 is 2.94. The Kier molecular flexibility index (Phi) is 7.87. The fraction of sp³-hybridized carbons (Fsp3) is 0.333. The maximum Gasteiger partial charge on any atom is 0.249 e. The van der Waals surface area contributed by atoms with Gasteiger partial charge in [-0.05, 0) is 37.3 Å². The van der Waals surface area contributed by atoms with E-state index in [1.165, 1.54) is 17.6 Å². The Morgan fingerprint density at radius 2 is 1.97 bits per heavy atom. The molecule has 2 aromatic carbocycles. The number of hydrogen-bond donors (Lipinski definition) is 0. The van der Waals surface area contributed by atoms with E-state index >= 15 is 0 Å². The Bertz CT molecular complexity index is 1180. The van der Waals surface area contributed by atoms with Crippen LogP contribution in [0.25, 0.3) is 10.2 Å². The number of nitrogens with zero attached hydrogens (tertiary/aromatic N) is 2. The molecule has 1 heterocycles. The standard InChI is InChI=1S/C21H24N2O4S3/c1-3-27-13-12-23-18-10-9-17(30(2,25)26)15-19(18)29-21(23)22-20(24)11-14-28-16-7-5-4-6-8-16/h4-10,15H,3,11-14H2,1-2H3. The zero-order valence-electron chi connectivity index (χ0n) is 16.9. The number of thiazole rings is 1. The SMILES string of the molecule is CCOCCn1c(=NC(=O)CCSc2ccccc2)sc2cc(S(C)(=O)=O)ccc21. The molecule has 0 aliphatic carbocycles. The number of rotatable bonds is 9. The Morgan fingerprint density at radius 3 is 2.67 bits per heavy atom. The van der Waals surface area contributed by atoms with E-state index in [9.17, 15) is 13.2 Å². The quantitative estimate of drug-likeness (QED) is 0.356. The average molecular weight is 465 g/mol. The topological polar surface area (TPSA) is 77.7 Å². The normalized spacial score (nSPS) is 12.5. The van der Waals surface area contributed by atoms with E-state index in [0.717, 1.165) is 15.1 Å². The molecule has 0 spiro atoms. The lowest BCUT2D eigenvalue weighted by atomic mass is 10.3. The summed E-state index contributed by atoms with van der Waals surface area (Å²) in [7, 11) is -3.31. The molecule has 160 valence electrons. The molecule has 0 aliphatic heterocycles. The van der Waals surface area contributed by atoms with Gasteiger partial charge in [-0.3, -0.25) is 4.79 Å². The summed E-state index contributed by atoms with van der Waals surface area (Å²) in [6.45, 7) is 3.55. The number of hydrogen-bond acceptors (Lipinski definition) is 6. The van der Waals surface area contributed by atoms with Gasteiger partial charge in [0.05, 0.1) is 21.7 Å². The summed E-state index contributed by atoms with van der Waals surface area (Å²) in [6, 6.07) is 14.9. The van der Waals surface area contributed by atoms with Crippen molar-refractivity contribution in [2.24, 2.45) is 4.99 Å². The maximum atomic E-state index is 12.5. The molecule has 1 amide bonds. The van der Waals surface area contributed by atoms with Gasteiger partial charge in [0.1, 0.15) is 0 Å². The van der Waals surface area contributed by atoms with Crippen LogP contribution < -0.4 is 4.80 Å². The van der Waals surface area contributed by atoms with Crippen molar-refractivity contribution < 1.29 is 17.9 Å². The van der Waals surface area contributed by atoms with Gasteiger partial charge >= 0.3 is 0 Å². The molecule has 0 fully saturated rings. The molecule has 9 heteroatoms. The Morgan fingerprint density at radius 1 is 1.20 bits per heavy atom. The van der Waals surface area contributed by atoms with E-state index in [1.807, 2.05) is 41.8 Å². The molecule has 0 bridgehead atoms. The van der Waals surface area contributed by atoms with Crippen molar-refractivity contribution in [3.8, 4) is 0 Å². The van der Waals surface area contributed by atoms with E-state index in [2.05, 4.69) is 4.99 Å². The first kappa shape index (κ1) is 22.7. The molecule has 3 rings (SSSR count). The van der Waals surface area contributed by atoms with E-state index in [0.29, 0.717) is 36.7 Å². The van der Waals surface area contributed by atoms with Crippen LogP contribution in [0.1, 0.15) is 13.3 Å². The molecule has 6 nitrogen and oxygen atoms in total. The minimum atomic E-state index is -3.31. The lowest BCUT2D eigenvalue weighted by Crippen LogP contribution is -2.19. The largest absolute Gasteiger partial charge is 0.380 e. The number of amides is 1. The third-order valence-corrected chi connectivity index (χ3v) is 7.46. The first-order valence-corrected chi connectivity index (χ1v) is 13.2. The van der Waals surface area contributed by atoms with Crippen LogP contribution in [-0.4, -0.2) is 44.1 Å². The second kappa shape index (κ2) is 10.4. The molecule has 0 radical (unpaired) electrons. The van der Waals surface area contributed by atoms with E-state index in [1.54, 1.807) is 30.0 Å². The fourth-order valence-electron chi connectivity index (χ4n) is 2.82. The number of carbonyl (C=O) groups excluding carboxylic acids is 1. The van der Waals surface area contributed by atoms with Gasteiger partial charge in [0.15, 0.2) is 14.6 Å². The number of benzene rings is 2. The Labute approximate surface area is 184 Å². The van der Waals surface area contributed by atoms with Crippen LogP contribution in [0.4, 0.5) is 0 Å². The first-order valence-electron chi connectivity index (χ1n) is 9.55. The molecule has 0 atom stereocenters. The van der Waals surface area contributed by atoms with Crippen LogP contribution in [-0.2, 0) is 25.9 Å². The summed E-state index contributed by atoms with van der Waals surface area (Å²) in [5, 5.41) is 0. The zero-order chi connectivity index (χ0) is 21.6. The van der Waals surface area contributed by atoms with Gasteiger partial charge < -0.3 is 9.30 Å². The number of carbonyl (C=O) groups is 1. The van der Waals surface area contributed by atoms with Gasteiger partial charge in [0.2, 0.25) is 5.91 Å². The number of aromatic nitrogens is 1. The molecular weight excluding hydrogens is 440 g/mol. The van der Waals surface area contributed by atoms with Crippen LogP contribution in [0.15, 0.2) is 63.3 Å². The maximum absolute atomic E-state index is 12.5. The van der Waals surface area contributed by atoms with Gasteiger partial charge in [-0.15, -0.1) is 11.8 Å². The molecule has 0 unspecified atom stereocenters. The van der Waals surface area contributed by atoms with Gasteiger partial charge in [-0.2, -0.15) is 4.99 Å². The molecule has 0 saturated heterocycles. The minimum Gasteiger partial charge on any atom is -0.380 e. The highest BCUT2D eigenvalue weighted by Gasteiger charge is 2.13. The summed E-state index contributed by atoms with van der Waals surface area (Å²) in [5.74, 6) is 0.451. The second-order valence-electron chi connectivity index (χ2n) is 6.55. The van der Waals surface area contributed by atoms with Crippen molar-refractivity contribution in [3.05, 3.63) is 53.3 Å². The van der Waals surface area contributed by atoms with Crippen LogP contribution in [0.2, 0.25) is 0 Å². The van der Waals surface area contributed by atoms with Crippen molar-refractivity contribution in [1.82, 2.24) is 4.57 Å². The van der Waals surface area contributed by atoms with Crippen LogP contribution in [0.5, 0.6) is 0 Å². The van der Waals surface area contributed by atoms with Crippen molar-refractivity contribution in [2.45, 2.75) is 29.7 Å². The molecule has 3 aromatic rings. The van der Waals surface area contributed by atoms with Crippen molar-refractivity contribution in [3.63, 3.8) is 0 Å². The van der Waals surface area contributed by atoms with Crippen molar-refractivity contribution in [2.75, 3.05) is 25.2 Å². The molecule has 0 N–H and O–H groups in total. The van der Waals surface area contributed by atoms with E-state index < -0.39 is 9.84 Å². The average Bonchev–Trinajstić information content (AvgIpc) is 3.04. The lowest BCUT2D eigenvalue weighted by molar-refractivity contribution is -0.117. The van der Waals surface area contributed by atoms with Crippen LogP contribution in [0, 0.1) is 0 Å². The number of sulfone groups is 1. The highest BCUT2D eigenvalue weighted by atomic mass is 32.2. The van der Waals surface area contributed by atoms with Gasteiger partial charge in [0.25, 0.3) is 0 Å². The fourth-order valence-corrected chi connectivity index (χ4v) is 5.52. The van der Waals surface area contributed by atoms with Gasteiger partial charge in [-0.25, -0.2) is 8.42 Å². The molecule has 0 aliphatic rings. The van der Waals surface area contributed by atoms with Crippen molar-refractivity contribution >= 4 is 49.1 Å². The number of ether oxygens (including phenoxy) is 1. The summed E-state index contributed by atoms with van der Waals surface area (Å²) in [5.41, 5.74) is 0.845. The molecular formula is C21H24N2O4S3. The monoisotopic (exact) mass is 464 g/mol. The summed E-state index contributed by atoms with van der Waals surface area (Å²) < 4.78 is 31.9. The van der Waals surface area contributed by atoms with Crippen LogP contribution in [0.3, 0.4) is 0 Å². The van der Waals surface area contributed by atoms with E-state index in [4.69, 9.17) is 4.74 Å². The summed E-state index contributed by atoms with van der Waals surface area (Å²) in [4.78, 5) is 18.7. The molecule has 1 aromatic heterocycles. The number of fused-ring (bicyclic) bond motifs is 1. The Balaban J connectivity index is 1.85.